The van der Waals surface area contributed by atoms with Crippen LogP contribution in [0.15, 0.2) is 0 Å². The van der Waals surface area contributed by atoms with E-state index >= 15 is 0 Å². The number of unbranched alkanes of at least 4 members (excludes halogenated alkanes) is 1. The fourth-order valence-corrected chi connectivity index (χ4v) is 0.944. The van der Waals surface area contributed by atoms with E-state index in [0.29, 0.717) is 6.42 Å². The molecule has 0 fully saturated rings. The minimum Gasteiger partial charge on any atom is -0.356 e. The maximum Gasteiger partial charge on any atom is 0.219 e. The average molecular weight is 172 g/mol. The second-order valence-corrected chi connectivity index (χ2v) is 3.18. The highest BCUT2D eigenvalue weighted by atomic mass is 16.1. The van der Waals surface area contributed by atoms with Gasteiger partial charge in [-0.3, -0.25) is 4.79 Å². The lowest BCUT2D eigenvalue weighted by Crippen LogP contribution is -2.23. The van der Waals surface area contributed by atoms with Crippen LogP contribution in [0.25, 0.3) is 0 Å². The molecule has 0 rings (SSSR count). The van der Waals surface area contributed by atoms with Crippen molar-refractivity contribution in [1.29, 1.82) is 0 Å². The monoisotopic (exact) mass is 172 g/mol. The van der Waals surface area contributed by atoms with Gasteiger partial charge in [0, 0.05) is 19.0 Å². The average Bonchev–Trinajstić information content (AvgIpc) is 2.03. The topological polar surface area (TPSA) is 55.1 Å². The smallest absolute Gasteiger partial charge is 0.219 e. The van der Waals surface area contributed by atoms with Crippen molar-refractivity contribution in [2.24, 2.45) is 5.73 Å². The van der Waals surface area contributed by atoms with Crippen LogP contribution in [0.2, 0.25) is 0 Å². The minimum atomic E-state index is 0.135. The molecule has 0 aliphatic rings. The molecule has 0 saturated carbocycles. The lowest BCUT2D eigenvalue weighted by molar-refractivity contribution is -0.120. The molecule has 0 spiro atoms. The summed E-state index contributed by atoms with van der Waals surface area (Å²) in [6, 6.07) is 0.284. The fraction of sp³-hybridized carbons (Fsp3) is 0.889. The van der Waals surface area contributed by atoms with Gasteiger partial charge >= 0.3 is 0 Å². The molecule has 0 aromatic rings. The second-order valence-electron chi connectivity index (χ2n) is 3.18. The van der Waals surface area contributed by atoms with Gasteiger partial charge < -0.3 is 11.1 Å². The summed E-state index contributed by atoms with van der Waals surface area (Å²) in [4.78, 5) is 10.8. The molecule has 0 aromatic heterocycles. The van der Waals surface area contributed by atoms with Crippen LogP contribution < -0.4 is 11.1 Å². The maximum absolute atomic E-state index is 10.8. The van der Waals surface area contributed by atoms with E-state index in [1.165, 1.54) is 0 Å². The highest BCUT2D eigenvalue weighted by Crippen LogP contribution is 1.96. The standard InChI is InChI=1S/C9H20N2O/c1-3-9(12)11-7-5-4-6-8(2)10/h8H,3-7,10H2,1-2H3,(H,11,12). The zero-order valence-electron chi connectivity index (χ0n) is 8.10. The molecule has 3 heteroatoms. The number of nitrogens with one attached hydrogen (secondary N) is 1. The van der Waals surface area contributed by atoms with Crippen molar-refractivity contribution < 1.29 is 4.79 Å². The third-order valence-electron chi connectivity index (χ3n) is 1.73. The molecule has 1 amide bonds. The number of carbonyl (C=O) groups is 1. The van der Waals surface area contributed by atoms with Crippen LogP contribution in [0.4, 0.5) is 0 Å². The van der Waals surface area contributed by atoms with Crippen molar-refractivity contribution in [3.8, 4) is 0 Å². The van der Waals surface area contributed by atoms with Gasteiger partial charge in [-0.15, -0.1) is 0 Å². The summed E-state index contributed by atoms with van der Waals surface area (Å²) in [6.07, 6.45) is 3.75. The molecule has 72 valence electrons. The van der Waals surface area contributed by atoms with E-state index in [1.807, 2.05) is 13.8 Å². The van der Waals surface area contributed by atoms with Crippen LogP contribution in [-0.4, -0.2) is 18.5 Å². The summed E-state index contributed by atoms with van der Waals surface area (Å²) in [5.74, 6) is 0.135. The molecule has 0 radical (unpaired) electrons. The van der Waals surface area contributed by atoms with Gasteiger partial charge in [0.05, 0.1) is 0 Å². The van der Waals surface area contributed by atoms with Gasteiger partial charge in [-0.2, -0.15) is 0 Å². The van der Waals surface area contributed by atoms with Crippen molar-refractivity contribution in [2.75, 3.05) is 6.54 Å². The quantitative estimate of drug-likeness (QED) is 0.588. The molecule has 0 saturated heterocycles. The molecule has 12 heavy (non-hydrogen) atoms. The van der Waals surface area contributed by atoms with Gasteiger partial charge in [0.15, 0.2) is 0 Å². The molecule has 0 aliphatic heterocycles. The maximum atomic E-state index is 10.8. The van der Waals surface area contributed by atoms with Gasteiger partial charge in [-0.1, -0.05) is 13.3 Å². The Balaban J connectivity index is 3.05. The van der Waals surface area contributed by atoms with Crippen LogP contribution in [0.5, 0.6) is 0 Å². The Morgan fingerprint density at radius 1 is 1.50 bits per heavy atom. The van der Waals surface area contributed by atoms with E-state index in [-0.39, 0.29) is 11.9 Å². The van der Waals surface area contributed by atoms with Gasteiger partial charge in [-0.05, 0) is 19.8 Å². The van der Waals surface area contributed by atoms with Crippen LogP contribution >= 0.6 is 0 Å². The Bertz CT molecular complexity index is 124. The molecule has 3 nitrogen and oxygen atoms in total. The molecule has 1 unspecified atom stereocenters. The first-order valence-corrected chi connectivity index (χ1v) is 4.69. The van der Waals surface area contributed by atoms with Gasteiger partial charge in [-0.25, -0.2) is 0 Å². The lowest BCUT2D eigenvalue weighted by atomic mass is 10.1. The highest BCUT2D eigenvalue weighted by Gasteiger charge is 1.96. The molecular formula is C9H20N2O. The predicted molar refractivity (Wildman–Crippen MR) is 50.8 cm³/mol. The van der Waals surface area contributed by atoms with E-state index in [4.69, 9.17) is 5.73 Å². The van der Waals surface area contributed by atoms with Crippen LogP contribution in [-0.2, 0) is 4.79 Å². The van der Waals surface area contributed by atoms with Crippen LogP contribution in [0.1, 0.15) is 39.5 Å². The number of amides is 1. The zero-order valence-corrected chi connectivity index (χ0v) is 8.10. The molecule has 0 bridgehead atoms. The minimum absolute atomic E-state index is 0.135. The van der Waals surface area contributed by atoms with E-state index in [1.54, 1.807) is 0 Å². The second kappa shape index (κ2) is 7.10. The number of rotatable bonds is 6. The molecule has 0 heterocycles. The normalized spacial score (nSPS) is 12.6. The summed E-state index contributed by atoms with van der Waals surface area (Å²) in [7, 11) is 0. The summed E-state index contributed by atoms with van der Waals surface area (Å²) in [5, 5.41) is 2.83. The Kier molecular flexibility index (Phi) is 6.76. The summed E-state index contributed by atoms with van der Waals surface area (Å²) in [6.45, 7) is 4.65. The van der Waals surface area contributed by atoms with Gasteiger partial charge in [0.1, 0.15) is 0 Å². The molecule has 0 aliphatic carbocycles. The Labute approximate surface area is 74.7 Å². The fourth-order valence-electron chi connectivity index (χ4n) is 0.944. The molecular weight excluding hydrogens is 152 g/mol. The molecule has 1 atom stereocenters. The van der Waals surface area contributed by atoms with E-state index in [0.717, 1.165) is 25.8 Å². The van der Waals surface area contributed by atoms with Crippen molar-refractivity contribution in [2.45, 2.75) is 45.6 Å². The highest BCUT2D eigenvalue weighted by molar-refractivity contribution is 5.75. The number of hydrogen-bond acceptors (Lipinski definition) is 2. The van der Waals surface area contributed by atoms with E-state index < -0.39 is 0 Å². The van der Waals surface area contributed by atoms with Crippen molar-refractivity contribution in [3.05, 3.63) is 0 Å². The Hall–Kier alpha value is -0.570. The SMILES string of the molecule is CCC(=O)NCCCCC(C)N. The van der Waals surface area contributed by atoms with E-state index in [2.05, 4.69) is 5.32 Å². The van der Waals surface area contributed by atoms with Crippen LogP contribution in [0.3, 0.4) is 0 Å². The van der Waals surface area contributed by atoms with Crippen molar-refractivity contribution >= 4 is 5.91 Å². The first kappa shape index (κ1) is 11.4. The van der Waals surface area contributed by atoms with Crippen LogP contribution in [0, 0.1) is 0 Å². The first-order chi connectivity index (χ1) is 5.66. The third kappa shape index (κ3) is 7.54. The number of carbonyl (C=O) groups excluding carboxylic acids is 1. The molecule has 0 aromatic carbocycles. The summed E-state index contributed by atoms with van der Waals surface area (Å²) >= 11 is 0. The summed E-state index contributed by atoms with van der Waals surface area (Å²) in [5.41, 5.74) is 5.57. The lowest BCUT2D eigenvalue weighted by Gasteiger charge is -2.05. The number of nitrogens with two attached hydrogens (primary N) is 1. The first-order valence-electron chi connectivity index (χ1n) is 4.69. The Morgan fingerprint density at radius 3 is 2.67 bits per heavy atom. The van der Waals surface area contributed by atoms with Crippen molar-refractivity contribution in [1.82, 2.24) is 5.32 Å². The van der Waals surface area contributed by atoms with E-state index in [9.17, 15) is 4.79 Å². The largest absolute Gasteiger partial charge is 0.356 e. The number of hydrogen-bond donors (Lipinski definition) is 2. The summed E-state index contributed by atoms with van der Waals surface area (Å²) < 4.78 is 0. The molecule has 3 N–H and O–H groups in total. The third-order valence-corrected chi connectivity index (χ3v) is 1.73. The Morgan fingerprint density at radius 2 is 2.17 bits per heavy atom. The predicted octanol–water partition coefficient (Wildman–Crippen LogP) is 1.03. The van der Waals surface area contributed by atoms with Crippen molar-refractivity contribution in [3.63, 3.8) is 0 Å². The zero-order chi connectivity index (χ0) is 9.40. The van der Waals surface area contributed by atoms with Gasteiger partial charge in [0.25, 0.3) is 0 Å². The van der Waals surface area contributed by atoms with Gasteiger partial charge in [0.2, 0.25) is 5.91 Å².